The Morgan fingerprint density at radius 2 is 2.27 bits per heavy atom. The third-order valence-electron chi connectivity index (χ3n) is 5.26. The normalized spacial score (nSPS) is 19.3. The number of β-lactam (4-membered cyclic amide) rings is 1. The van der Waals surface area contributed by atoms with Gasteiger partial charge in [0.1, 0.15) is 29.9 Å². The zero-order valence-electron chi connectivity index (χ0n) is 19.2. The molecule has 4 heterocycles. The van der Waals surface area contributed by atoms with Gasteiger partial charge in [-0.1, -0.05) is 11.2 Å². The number of pyridine rings is 1. The molecule has 2 aliphatic rings. The number of nitrogen functional groups attached to an aromatic ring is 1. The molecule has 0 aromatic carbocycles. The average molecular weight is 546 g/mol. The Kier molecular flexibility index (Phi) is 7.78. The molecule has 3 amide bonds. The number of nitrogens with zero attached hydrogens (tertiary/aromatic N) is 5. The fourth-order valence-electron chi connectivity index (χ4n) is 3.69. The van der Waals surface area contributed by atoms with E-state index in [1.165, 1.54) is 18.9 Å². The lowest BCUT2D eigenvalue weighted by Gasteiger charge is -2.49. The highest BCUT2D eigenvalue weighted by Crippen LogP contribution is 2.40. The Morgan fingerprint density at radius 3 is 2.95 bits per heavy atom. The van der Waals surface area contributed by atoms with Crippen molar-refractivity contribution < 1.29 is 33.7 Å². The molecule has 0 saturated carbocycles. The molecule has 5 N–H and O–H groups in total. The minimum Gasteiger partial charge on any atom is -0.477 e. The van der Waals surface area contributed by atoms with Crippen LogP contribution in [0, 0.1) is 0 Å². The number of carboxylic acids is 1. The Hall–Kier alpha value is -4.31. The lowest BCUT2D eigenvalue weighted by molar-refractivity contribution is -0.686. The maximum atomic E-state index is 12.9. The number of allylic oxidation sites excluding steroid dienone is 2. The molecule has 37 heavy (non-hydrogen) atoms. The molecule has 0 spiro atoms. The van der Waals surface area contributed by atoms with Gasteiger partial charge in [0.25, 0.3) is 11.8 Å². The predicted octanol–water partition coefficient (Wildman–Crippen LogP) is -0.678. The maximum Gasteiger partial charge on any atom is 0.352 e. The molecule has 0 aliphatic carbocycles. The number of oxime groups is 1. The molecule has 192 valence electrons. The van der Waals surface area contributed by atoms with Gasteiger partial charge in [-0.15, -0.1) is 11.8 Å². The van der Waals surface area contributed by atoms with Crippen LogP contribution in [0.25, 0.3) is 0 Å². The van der Waals surface area contributed by atoms with Gasteiger partial charge in [0, 0.05) is 23.4 Å². The molecule has 2 aliphatic heterocycles. The van der Waals surface area contributed by atoms with Gasteiger partial charge in [-0.3, -0.25) is 19.3 Å². The Bertz CT molecular complexity index is 1340. The van der Waals surface area contributed by atoms with Crippen LogP contribution in [0.2, 0.25) is 0 Å². The van der Waals surface area contributed by atoms with Crippen LogP contribution in [0.5, 0.6) is 0 Å². The summed E-state index contributed by atoms with van der Waals surface area (Å²) in [6.45, 7) is 0.405. The maximum absolute atomic E-state index is 12.9. The van der Waals surface area contributed by atoms with Gasteiger partial charge < -0.3 is 26.3 Å². The van der Waals surface area contributed by atoms with Gasteiger partial charge in [0.15, 0.2) is 24.1 Å². The highest BCUT2D eigenvalue weighted by Gasteiger charge is 2.54. The summed E-state index contributed by atoms with van der Waals surface area (Å²) < 4.78 is 5.74. The predicted molar refractivity (Wildman–Crippen MR) is 133 cm³/mol. The van der Waals surface area contributed by atoms with Gasteiger partial charge in [-0.25, -0.2) is 4.79 Å². The number of aliphatic carboxylic acids is 1. The van der Waals surface area contributed by atoms with E-state index in [1.807, 2.05) is 0 Å². The first kappa shape index (κ1) is 25.8. The van der Waals surface area contributed by atoms with Crippen molar-refractivity contribution in [2.24, 2.45) is 5.16 Å². The van der Waals surface area contributed by atoms with Gasteiger partial charge in [0.05, 0.1) is 0 Å². The lowest BCUT2D eigenvalue weighted by atomic mass is 10.0. The Labute approximate surface area is 218 Å². The molecule has 1 fully saturated rings. The van der Waals surface area contributed by atoms with Crippen molar-refractivity contribution in [3.8, 4) is 0 Å². The summed E-state index contributed by atoms with van der Waals surface area (Å²) in [6, 6.07) is 2.52. The number of anilines is 2. The number of amides is 3. The van der Waals surface area contributed by atoms with Gasteiger partial charge in [-0.05, 0) is 17.7 Å². The Morgan fingerprint density at radius 1 is 1.46 bits per heavy atom. The van der Waals surface area contributed by atoms with Crippen molar-refractivity contribution >= 4 is 64.0 Å². The van der Waals surface area contributed by atoms with Crippen molar-refractivity contribution in [3.05, 3.63) is 53.8 Å². The number of hydrogen-bond donors (Lipinski definition) is 4. The fraction of sp³-hybridized carbons (Fsp3) is 0.238. The minimum absolute atomic E-state index is 0.0503. The number of aromatic nitrogens is 3. The summed E-state index contributed by atoms with van der Waals surface area (Å²) >= 11 is 2.19. The van der Waals surface area contributed by atoms with E-state index < -0.39 is 29.2 Å². The first-order valence-electron chi connectivity index (χ1n) is 10.6. The summed E-state index contributed by atoms with van der Waals surface area (Å²) in [4.78, 5) is 58.2. The number of thioether (sulfide) groups is 1. The second kappa shape index (κ2) is 11.2. The molecular formula is C21H21N8O6S2+. The Balaban J connectivity index is 1.48. The standard InChI is InChI=1S/C21H20N8O6S2/c1-35-26-13(16-25-21(22)37-27-16)17(31)24-14-18(32)29-15(20(33)34)11(9-36-19(14)29)4-2-6-28-7-3-5-12(8-28)23-10-30/h2-5,7-8,10,14,19H,6,9H2,1H3,(H4-,22,23,24,25,27,30,31,33,34)/p+1/t14?,19-/m0/s1. The van der Waals surface area contributed by atoms with E-state index in [2.05, 4.69) is 25.1 Å². The molecule has 1 saturated heterocycles. The van der Waals surface area contributed by atoms with E-state index in [9.17, 15) is 24.3 Å². The van der Waals surface area contributed by atoms with Gasteiger partial charge >= 0.3 is 5.97 Å². The summed E-state index contributed by atoms with van der Waals surface area (Å²) in [5.74, 6) is -2.33. The van der Waals surface area contributed by atoms with Crippen LogP contribution >= 0.6 is 23.3 Å². The smallest absolute Gasteiger partial charge is 0.352 e. The van der Waals surface area contributed by atoms with Crippen LogP contribution in [0.15, 0.2) is 53.1 Å². The van der Waals surface area contributed by atoms with E-state index in [0.717, 1.165) is 16.4 Å². The molecule has 16 heteroatoms. The van der Waals surface area contributed by atoms with Crippen LogP contribution in [0.1, 0.15) is 5.82 Å². The van der Waals surface area contributed by atoms with E-state index in [-0.39, 0.29) is 22.4 Å². The van der Waals surface area contributed by atoms with E-state index >= 15 is 0 Å². The van der Waals surface area contributed by atoms with Crippen molar-refractivity contribution in [1.82, 2.24) is 19.6 Å². The second-order valence-corrected chi connectivity index (χ2v) is 9.46. The summed E-state index contributed by atoms with van der Waals surface area (Å²) in [7, 11) is 1.24. The van der Waals surface area contributed by atoms with Crippen molar-refractivity contribution in [1.29, 1.82) is 0 Å². The first-order chi connectivity index (χ1) is 17.8. The number of carbonyl (C=O) groups excluding carboxylic acids is 3. The number of carbonyl (C=O) groups is 4. The van der Waals surface area contributed by atoms with Crippen LogP contribution in [0.3, 0.4) is 0 Å². The third kappa shape index (κ3) is 5.44. The lowest BCUT2D eigenvalue weighted by Crippen LogP contribution is -2.71. The number of rotatable bonds is 10. The first-order valence-corrected chi connectivity index (χ1v) is 12.4. The molecule has 0 bridgehead atoms. The highest BCUT2D eigenvalue weighted by molar-refractivity contribution is 8.00. The minimum atomic E-state index is -1.25. The van der Waals surface area contributed by atoms with Crippen molar-refractivity contribution in [2.45, 2.75) is 18.0 Å². The number of nitrogens with one attached hydrogen (secondary N) is 2. The van der Waals surface area contributed by atoms with Crippen molar-refractivity contribution in [2.75, 3.05) is 23.9 Å². The largest absolute Gasteiger partial charge is 0.477 e. The second-order valence-electron chi connectivity index (χ2n) is 7.57. The van der Waals surface area contributed by atoms with Crippen LogP contribution in [0.4, 0.5) is 10.8 Å². The molecule has 2 aromatic rings. The number of nitrogens with two attached hydrogens (primary N) is 1. The molecule has 14 nitrogen and oxygen atoms in total. The summed E-state index contributed by atoms with van der Waals surface area (Å²) in [6.07, 6.45) is 7.50. The topological polar surface area (TPSA) is 193 Å². The van der Waals surface area contributed by atoms with E-state index in [4.69, 9.17) is 10.6 Å². The third-order valence-corrected chi connectivity index (χ3v) is 7.10. The van der Waals surface area contributed by atoms with Gasteiger partial charge in [0.2, 0.25) is 17.9 Å². The molecule has 2 atom stereocenters. The van der Waals surface area contributed by atoms with Crippen molar-refractivity contribution in [3.63, 3.8) is 0 Å². The molecule has 4 rings (SSSR count). The number of carboxylic acid groups (broad SMARTS) is 1. The SMILES string of the molecule is CON=C(C(=O)NC1C(=O)N2C(C(=O)O)=C(C=CC[n+]3cccc(NC=O)c3)CS[C@@H]12)c1nsc(N)n1. The summed E-state index contributed by atoms with van der Waals surface area (Å²) in [5, 5.41) is 18.1. The van der Waals surface area contributed by atoms with Crippen LogP contribution in [-0.4, -0.2) is 73.5 Å². The molecule has 1 unspecified atom stereocenters. The zero-order valence-corrected chi connectivity index (χ0v) is 20.9. The number of hydrogen-bond acceptors (Lipinski definition) is 11. The number of fused-ring (bicyclic) bond motifs is 1. The van der Waals surface area contributed by atoms with E-state index in [0.29, 0.717) is 30.0 Å². The summed E-state index contributed by atoms with van der Waals surface area (Å²) in [5.41, 5.74) is 6.24. The monoisotopic (exact) mass is 545 g/mol. The average Bonchev–Trinajstić information content (AvgIpc) is 3.31. The molecule has 2 aromatic heterocycles. The highest BCUT2D eigenvalue weighted by atomic mass is 32.2. The van der Waals surface area contributed by atoms with Crippen LogP contribution < -0.4 is 20.9 Å². The van der Waals surface area contributed by atoms with E-state index in [1.54, 1.807) is 41.2 Å². The zero-order chi connectivity index (χ0) is 26.5. The molecule has 0 radical (unpaired) electrons. The molecular weight excluding hydrogens is 524 g/mol. The quantitative estimate of drug-likeness (QED) is 0.0977. The fourth-order valence-corrected chi connectivity index (χ4v) is 5.45. The van der Waals surface area contributed by atoms with Crippen LogP contribution in [-0.2, 0) is 30.6 Å². The van der Waals surface area contributed by atoms with Gasteiger partial charge in [-0.2, -0.15) is 13.9 Å².